The molecule has 1 aliphatic rings. The Bertz CT molecular complexity index is 628. The minimum absolute atomic E-state index is 0.0604. The van der Waals surface area contributed by atoms with Crippen LogP contribution in [0.25, 0.3) is 0 Å². The Morgan fingerprint density at radius 2 is 1.90 bits per heavy atom. The lowest BCUT2D eigenvalue weighted by Gasteiger charge is -2.23. The summed E-state index contributed by atoms with van der Waals surface area (Å²) in [5, 5.41) is 10.2. The smallest absolute Gasteiger partial charge is 0.319 e. The van der Waals surface area contributed by atoms with Crippen molar-refractivity contribution in [3.63, 3.8) is 0 Å². The Hall–Kier alpha value is -1.67. The fourth-order valence-electron chi connectivity index (χ4n) is 2.44. The second-order valence-corrected chi connectivity index (χ2v) is 6.65. The molecule has 8 heteroatoms. The average Bonchev–Trinajstić information content (AvgIpc) is 2.38. The molecule has 0 aromatic heterocycles. The fourth-order valence-corrected chi connectivity index (χ4v) is 3.11. The maximum atomic E-state index is 13.2. The van der Waals surface area contributed by atoms with Gasteiger partial charge in [0.05, 0.1) is 5.69 Å². The Labute approximate surface area is 123 Å². The van der Waals surface area contributed by atoms with E-state index < -0.39 is 21.9 Å². The molecule has 0 spiro atoms. The lowest BCUT2D eigenvalue weighted by Crippen LogP contribution is -2.39. The number of rotatable bonds is 3. The maximum absolute atomic E-state index is 13.2. The van der Waals surface area contributed by atoms with E-state index in [1.165, 1.54) is 0 Å². The minimum Gasteiger partial charge on any atom is -0.335 e. The van der Waals surface area contributed by atoms with Crippen LogP contribution in [0.3, 0.4) is 0 Å². The van der Waals surface area contributed by atoms with Crippen LogP contribution in [0, 0.1) is 5.82 Å². The Kier molecular flexibility index (Phi) is 4.79. The molecule has 0 heterocycles. The van der Waals surface area contributed by atoms with E-state index in [2.05, 4.69) is 10.6 Å². The first-order chi connectivity index (χ1) is 9.86. The van der Waals surface area contributed by atoms with E-state index in [-0.39, 0.29) is 16.6 Å². The molecule has 1 aromatic carbocycles. The number of primary sulfonamides is 1. The van der Waals surface area contributed by atoms with Gasteiger partial charge in [0.2, 0.25) is 10.0 Å². The Morgan fingerprint density at radius 3 is 2.52 bits per heavy atom. The summed E-state index contributed by atoms with van der Waals surface area (Å²) < 4.78 is 36.1. The van der Waals surface area contributed by atoms with Crippen molar-refractivity contribution in [3.8, 4) is 0 Å². The van der Waals surface area contributed by atoms with E-state index in [1.807, 2.05) is 0 Å². The third kappa shape index (κ3) is 4.40. The van der Waals surface area contributed by atoms with E-state index in [0.29, 0.717) is 0 Å². The quantitative estimate of drug-likeness (QED) is 0.794. The summed E-state index contributed by atoms with van der Waals surface area (Å²) >= 11 is 0. The van der Waals surface area contributed by atoms with Crippen LogP contribution in [0.2, 0.25) is 0 Å². The first-order valence-corrected chi connectivity index (χ1v) is 8.31. The van der Waals surface area contributed by atoms with Crippen LogP contribution in [0.15, 0.2) is 23.1 Å². The van der Waals surface area contributed by atoms with Gasteiger partial charge in [-0.3, -0.25) is 0 Å². The number of benzene rings is 1. The van der Waals surface area contributed by atoms with E-state index >= 15 is 0 Å². The molecule has 0 unspecified atom stereocenters. The number of anilines is 1. The fraction of sp³-hybridized carbons (Fsp3) is 0.462. The highest BCUT2D eigenvalue weighted by atomic mass is 32.2. The van der Waals surface area contributed by atoms with Gasteiger partial charge in [0.15, 0.2) is 0 Å². The number of hydrogen-bond acceptors (Lipinski definition) is 3. The van der Waals surface area contributed by atoms with Gasteiger partial charge in [0.1, 0.15) is 10.7 Å². The van der Waals surface area contributed by atoms with Crippen LogP contribution in [-0.4, -0.2) is 20.5 Å². The van der Waals surface area contributed by atoms with Crippen LogP contribution >= 0.6 is 0 Å². The monoisotopic (exact) mass is 315 g/mol. The van der Waals surface area contributed by atoms with Gasteiger partial charge in [-0.1, -0.05) is 19.3 Å². The van der Waals surface area contributed by atoms with Crippen molar-refractivity contribution in [1.82, 2.24) is 5.32 Å². The van der Waals surface area contributed by atoms with Crippen molar-refractivity contribution in [2.75, 3.05) is 5.32 Å². The number of carbonyl (C=O) groups excluding carboxylic acids is 1. The highest BCUT2D eigenvalue weighted by Gasteiger charge is 2.19. The largest absolute Gasteiger partial charge is 0.335 e. The summed E-state index contributed by atoms with van der Waals surface area (Å²) in [5.41, 5.74) is -0.161. The molecule has 2 amide bonds. The molecule has 1 fully saturated rings. The van der Waals surface area contributed by atoms with E-state index in [0.717, 1.165) is 50.3 Å². The summed E-state index contributed by atoms with van der Waals surface area (Å²) in [6.45, 7) is 0. The summed E-state index contributed by atoms with van der Waals surface area (Å²) in [5.74, 6) is -0.657. The van der Waals surface area contributed by atoms with Gasteiger partial charge in [-0.25, -0.2) is 22.7 Å². The molecule has 1 saturated carbocycles. The third-order valence-corrected chi connectivity index (χ3v) is 4.41. The number of halogens is 1. The van der Waals surface area contributed by atoms with Gasteiger partial charge in [-0.05, 0) is 31.0 Å². The summed E-state index contributed by atoms with van der Waals surface area (Å²) in [7, 11) is -4.04. The summed E-state index contributed by atoms with van der Waals surface area (Å²) in [4.78, 5) is 11.6. The van der Waals surface area contributed by atoms with Crippen LogP contribution in [0.1, 0.15) is 32.1 Å². The second-order valence-electron chi connectivity index (χ2n) is 5.12. The highest BCUT2D eigenvalue weighted by Crippen LogP contribution is 2.22. The van der Waals surface area contributed by atoms with Crippen LogP contribution in [-0.2, 0) is 10.0 Å². The third-order valence-electron chi connectivity index (χ3n) is 3.44. The molecule has 1 aliphatic carbocycles. The molecule has 6 nitrogen and oxygen atoms in total. The number of carbonyl (C=O) groups is 1. The molecule has 116 valence electrons. The van der Waals surface area contributed by atoms with Crippen molar-refractivity contribution < 1.29 is 17.6 Å². The van der Waals surface area contributed by atoms with Crippen molar-refractivity contribution in [1.29, 1.82) is 0 Å². The number of sulfonamides is 1. The predicted molar refractivity (Wildman–Crippen MR) is 76.8 cm³/mol. The molecule has 0 bridgehead atoms. The van der Waals surface area contributed by atoms with Crippen molar-refractivity contribution >= 4 is 21.7 Å². The van der Waals surface area contributed by atoms with Crippen molar-refractivity contribution in [3.05, 3.63) is 24.0 Å². The zero-order valence-corrected chi connectivity index (χ0v) is 12.2. The van der Waals surface area contributed by atoms with Gasteiger partial charge in [0.25, 0.3) is 0 Å². The Morgan fingerprint density at radius 1 is 1.24 bits per heavy atom. The van der Waals surface area contributed by atoms with Gasteiger partial charge >= 0.3 is 6.03 Å². The molecule has 0 aliphatic heterocycles. The number of urea groups is 1. The zero-order valence-electron chi connectivity index (χ0n) is 11.4. The van der Waals surface area contributed by atoms with Crippen LogP contribution < -0.4 is 15.8 Å². The zero-order chi connectivity index (χ0) is 15.5. The molecule has 21 heavy (non-hydrogen) atoms. The molecule has 0 radical (unpaired) electrons. The number of nitrogens with one attached hydrogen (secondary N) is 2. The van der Waals surface area contributed by atoms with Crippen molar-refractivity contribution in [2.45, 2.75) is 43.0 Å². The van der Waals surface area contributed by atoms with Crippen LogP contribution in [0.5, 0.6) is 0 Å². The molecular formula is C13H18FN3O3S. The molecule has 2 rings (SSSR count). The van der Waals surface area contributed by atoms with E-state index in [9.17, 15) is 17.6 Å². The first-order valence-electron chi connectivity index (χ1n) is 6.76. The van der Waals surface area contributed by atoms with Crippen molar-refractivity contribution in [2.24, 2.45) is 5.14 Å². The van der Waals surface area contributed by atoms with Gasteiger partial charge in [0, 0.05) is 6.04 Å². The topological polar surface area (TPSA) is 101 Å². The molecule has 4 N–H and O–H groups in total. The van der Waals surface area contributed by atoms with Gasteiger partial charge in [-0.2, -0.15) is 0 Å². The number of amides is 2. The Balaban J connectivity index is 2.11. The first kappa shape index (κ1) is 15.7. The number of hydrogen-bond donors (Lipinski definition) is 3. The van der Waals surface area contributed by atoms with E-state index in [1.54, 1.807) is 0 Å². The SMILES string of the molecule is NS(=O)(=O)c1ccc(F)cc1NC(=O)NC1CCCCC1. The average molecular weight is 315 g/mol. The van der Waals surface area contributed by atoms with Gasteiger partial charge < -0.3 is 10.6 Å². The minimum atomic E-state index is -4.04. The molecule has 0 saturated heterocycles. The number of nitrogens with two attached hydrogens (primary N) is 1. The summed E-state index contributed by atoms with van der Waals surface area (Å²) in [6.07, 6.45) is 5.02. The van der Waals surface area contributed by atoms with E-state index in [4.69, 9.17) is 5.14 Å². The normalized spacial score (nSPS) is 16.5. The molecule has 1 aromatic rings. The maximum Gasteiger partial charge on any atom is 0.319 e. The second kappa shape index (κ2) is 6.40. The lowest BCUT2D eigenvalue weighted by atomic mass is 9.96. The van der Waals surface area contributed by atoms with Crippen LogP contribution in [0.4, 0.5) is 14.9 Å². The lowest BCUT2D eigenvalue weighted by molar-refractivity contribution is 0.244. The highest BCUT2D eigenvalue weighted by molar-refractivity contribution is 7.89. The molecule has 0 atom stereocenters. The molecular weight excluding hydrogens is 297 g/mol. The van der Waals surface area contributed by atoms with Gasteiger partial charge in [-0.15, -0.1) is 0 Å². The summed E-state index contributed by atoms with van der Waals surface area (Å²) in [6, 6.07) is 2.44. The predicted octanol–water partition coefficient (Wildman–Crippen LogP) is 1.93. The standard InChI is InChI=1S/C13H18FN3O3S/c14-9-6-7-12(21(15,19)20)11(8-9)17-13(18)16-10-4-2-1-3-5-10/h6-8,10H,1-5H2,(H2,15,19,20)(H2,16,17,18).